The maximum Gasteiger partial charge on any atom is 0.247 e. The molecule has 3 rings (SSSR count). The number of hydrogen-bond donors (Lipinski definition) is 0. The van der Waals surface area contributed by atoms with Crippen molar-refractivity contribution in [1.29, 1.82) is 0 Å². The van der Waals surface area contributed by atoms with E-state index in [0.29, 0.717) is 18.1 Å². The van der Waals surface area contributed by atoms with E-state index < -0.39 is 0 Å². The van der Waals surface area contributed by atoms with E-state index in [1.165, 1.54) is 10.9 Å². The quantitative estimate of drug-likeness (QED) is 0.651. The fraction of sp³-hybridized carbons (Fsp3) is 0.0833. The average Bonchev–Trinajstić information content (AvgIpc) is 3.09. The monoisotopic (exact) mass is 255 g/mol. The molecule has 3 aromatic rings. The van der Waals surface area contributed by atoms with Gasteiger partial charge in [-0.05, 0) is 12.1 Å². The fourth-order valence-electron chi connectivity index (χ4n) is 1.60. The van der Waals surface area contributed by atoms with Gasteiger partial charge in [-0.25, -0.2) is 4.68 Å². The van der Waals surface area contributed by atoms with Gasteiger partial charge in [0.1, 0.15) is 12.2 Å². The number of rotatable bonds is 4. The number of hydrogen-bond acceptors (Lipinski definition) is 6. The Labute approximate surface area is 107 Å². The third-order valence-electron chi connectivity index (χ3n) is 2.46. The summed E-state index contributed by atoms with van der Waals surface area (Å²) in [5, 5.41) is 15.3. The summed E-state index contributed by atoms with van der Waals surface area (Å²) in [5.41, 5.74) is 1.12. The van der Waals surface area contributed by atoms with Gasteiger partial charge in [-0.15, -0.1) is 15.3 Å². The van der Waals surface area contributed by atoms with Gasteiger partial charge in [0.05, 0.1) is 6.20 Å². The van der Waals surface area contributed by atoms with Crippen LogP contribution in [0.15, 0.2) is 40.9 Å². The Balaban J connectivity index is 1.80. The van der Waals surface area contributed by atoms with Crippen molar-refractivity contribution < 1.29 is 9.21 Å². The first-order valence-electron chi connectivity index (χ1n) is 5.58. The van der Waals surface area contributed by atoms with Gasteiger partial charge < -0.3 is 4.42 Å². The minimum absolute atomic E-state index is 0.266. The van der Waals surface area contributed by atoms with Crippen LogP contribution in [0.25, 0.3) is 11.5 Å². The van der Waals surface area contributed by atoms with Crippen molar-refractivity contribution in [2.45, 2.75) is 6.54 Å². The Kier molecular flexibility index (Phi) is 2.85. The second kappa shape index (κ2) is 4.81. The number of nitrogens with zero attached hydrogens (tertiary/aromatic N) is 5. The number of benzene rings is 1. The lowest BCUT2D eigenvalue weighted by Crippen LogP contribution is -2.00. The minimum Gasteiger partial charge on any atom is -0.419 e. The molecule has 2 aromatic heterocycles. The molecule has 0 aliphatic carbocycles. The first-order chi connectivity index (χ1) is 9.35. The number of aromatic nitrogens is 5. The molecule has 0 fully saturated rings. The molecule has 0 saturated heterocycles. The van der Waals surface area contributed by atoms with Crippen LogP contribution < -0.4 is 0 Å². The van der Waals surface area contributed by atoms with Gasteiger partial charge in [0, 0.05) is 5.56 Å². The molecule has 0 N–H and O–H groups in total. The first kappa shape index (κ1) is 11.3. The zero-order valence-electron chi connectivity index (χ0n) is 9.80. The summed E-state index contributed by atoms with van der Waals surface area (Å²) in [6, 6.07) is 9.48. The maximum atomic E-state index is 10.5. The molecule has 0 radical (unpaired) electrons. The van der Waals surface area contributed by atoms with Gasteiger partial charge in [-0.1, -0.05) is 23.4 Å². The molecule has 0 saturated carbocycles. The van der Waals surface area contributed by atoms with Crippen molar-refractivity contribution in [3.05, 3.63) is 48.1 Å². The van der Waals surface area contributed by atoms with Crippen LogP contribution in [0.1, 0.15) is 16.4 Å². The zero-order valence-corrected chi connectivity index (χ0v) is 9.80. The molecular weight excluding hydrogens is 246 g/mol. The molecule has 0 spiro atoms. The van der Waals surface area contributed by atoms with Crippen LogP contribution in [-0.2, 0) is 6.54 Å². The highest BCUT2D eigenvalue weighted by Crippen LogP contribution is 2.17. The molecule has 0 bridgehead atoms. The van der Waals surface area contributed by atoms with Crippen LogP contribution in [0.2, 0.25) is 0 Å². The zero-order chi connectivity index (χ0) is 13.1. The number of aldehydes is 1. The third-order valence-corrected chi connectivity index (χ3v) is 2.46. The van der Waals surface area contributed by atoms with Gasteiger partial charge in [0.15, 0.2) is 6.29 Å². The van der Waals surface area contributed by atoms with Crippen molar-refractivity contribution >= 4 is 6.29 Å². The Bertz CT molecular complexity index is 689. The molecule has 7 nitrogen and oxygen atoms in total. The Morgan fingerprint density at radius 2 is 2.00 bits per heavy atom. The molecule has 0 aliphatic heterocycles. The Hall–Kier alpha value is -2.83. The average molecular weight is 255 g/mol. The number of carbonyl (C=O) groups excluding carboxylic acids is 1. The van der Waals surface area contributed by atoms with E-state index in [9.17, 15) is 4.79 Å². The van der Waals surface area contributed by atoms with Gasteiger partial charge >= 0.3 is 0 Å². The largest absolute Gasteiger partial charge is 0.419 e. The number of carbonyl (C=O) groups is 1. The van der Waals surface area contributed by atoms with E-state index in [2.05, 4.69) is 20.5 Å². The maximum absolute atomic E-state index is 10.5. The molecule has 0 unspecified atom stereocenters. The second-order valence-electron chi connectivity index (χ2n) is 3.83. The molecule has 94 valence electrons. The molecular formula is C12H9N5O2. The van der Waals surface area contributed by atoms with Crippen LogP contribution in [0.3, 0.4) is 0 Å². The molecule has 2 heterocycles. The standard InChI is InChI=1S/C12H9N5O2/c18-8-10-6-17(16-13-10)7-11-14-15-12(19-11)9-4-2-1-3-5-9/h1-6,8H,7H2. The van der Waals surface area contributed by atoms with Crippen LogP contribution in [-0.4, -0.2) is 31.5 Å². The summed E-state index contributed by atoms with van der Waals surface area (Å²) in [7, 11) is 0. The normalized spacial score (nSPS) is 10.5. The SMILES string of the molecule is O=Cc1cn(Cc2nnc(-c3ccccc3)o2)nn1. The van der Waals surface area contributed by atoms with Crippen molar-refractivity contribution in [3.8, 4) is 11.5 Å². The van der Waals surface area contributed by atoms with Gasteiger partial charge in [-0.3, -0.25) is 4.79 Å². The van der Waals surface area contributed by atoms with Crippen LogP contribution in [0.4, 0.5) is 0 Å². The predicted octanol–water partition coefficient (Wildman–Crippen LogP) is 1.19. The van der Waals surface area contributed by atoms with Crippen molar-refractivity contribution in [2.75, 3.05) is 0 Å². The van der Waals surface area contributed by atoms with E-state index in [0.717, 1.165) is 5.56 Å². The first-order valence-corrected chi connectivity index (χ1v) is 5.58. The topological polar surface area (TPSA) is 86.7 Å². The lowest BCUT2D eigenvalue weighted by Gasteiger charge is -1.94. The van der Waals surface area contributed by atoms with Crippen molar-refractivity contribution in [1.82, 2.24) is 25.2 Å². The lowest BCUT2D eigenvalue weighted by molar-refractivity contribution is 0.111. The molecule has 19 heavy (non-hydrogen) atoms. The molecule has 0 amide bonds. The van der Waals surface area contributed by atoms with Crippen LogP contribution >= 0.6 is 0 Å². The molecule has 0 atom stereocenters. The Morgan fingerprint density at radius 1 is 1.16 bits per heavy atom. The highest BCUT2D eigenvalue weighted by atomic mass is 16.4. The molecule has 0 aliphatic rings. The van der Waals surface area contributed by atoms with Crippen LogP contribution in [0, 0.1) is 0 Å². The fourth-order valence-corrected chi connectivity index (χ4v) is 1.60. The highest BCUT2D eigenvalue weighted by Gasteiger charge is 2.09. The third kappa shape index (κ3) is 2.39. The van der Waals surface area contributed by atoms with Crippen molar-refractivity contribution in [3.63, 3.8) is 0 Å². The van der Waals surface area contributed by atoms with Crippen LogP contribution in [0.5, 0.6) is 0 Å². The Morgan fingerprint density at radius 3 is 2.74 bits per heavy atom. The summed E-state index contributed by atoms with van der Waals surface area (Å²) in [4.78, 5) is 10.5. The summed E-state index contributed by atoms with van der Waals surface area (Å²) >= 11 is 0. The molecule has 7 heteroatoms. The summed E-state index contributed by atoms with van der Waals surface area (Å²) in [5.74, 6) is 0.854. The van der Waals surface area contributed by atoms with E-state index in [1.54, 1.807) is 0 Å². The molecule has 1 aromatic carbocycles. The van der Waals surface area contributed by atoms with Gasteiger partial charge in [-0.2, -0.15) is 0 Å². The van der Waals surface area contributed by atoms with E-state index in [1.807, 2.05) is 30.3 Å². The summed E-state index contributed by atoms with van der Waals surface area (Å²) in [6.07, 6.45) is 2.14. The smallest absolute Gasteiger partial charge is 0.247 e. The van der Waals surface area contributed by atoms with E-state index in [-0.39, 0.29) is 12.2 Å². The van der Waals surface area contributed by atoms with Crippen molar-refractivity contribution in [2.24, 2.45) is 0 Å². The van der Waals surface area contributed by atoms with E-state index in [4.69, 9.17) is 4.42 Å². The predicted molar refractivity (Wildman–Crippen MR) is 64.2 cm³/mol. The second-order valence-corrected chi connectivity index (χ2v) is 3.83. The summed E-state index contributed by atoms with van der Waals surface area (Å²) < 4.78 is 6.98. The van der Waals surface area contributed by atoms with Gasteiger partial charge in [0.2, 0.25) is 11.8 Å². The van der Waals surface area contributed by atoms with E-state index >= 15 is 0 Å². The lowest BCUT2D eigenvalue weighted by atomic mass is 10.2. The highest BCUT2D eigenvalue weighted by molar-refractivity contribution is 5.70. The van der Waals surface area contributed by atoms with Gasteiger partial charge in [0.25, 0.3) is 0 Å². The minimum atomic E-state index is 0.266. The summed E-state index contributed by atoms with van der Waals surface area (Å²) in [6.45, 7) is 0.278.